The number of rotatable bonds is 6. The molecule has 3 aromatic rings. The smallest absolute Gasteiger partial charge is 0.406 e. The Morgan fingerprint density at radius 3 is 2.65 bits per heavy atom. The molecule has 2 aromatic heterocycles. The van der Waals surface area contributed by atoms with Crippen LogP contribution in [-0.2, 0) is 11.3 Å². The standard InChI is InChI=1S/C18H19F3N6O4/c19-18(20,21)31-10-3-1-9(2-4-10)6-23-17-26-14-15(22)24-8-25-16(14)27(17)13-5-11(29)12(7-28)30-13/h1-4,8,11-13,28-29H,5-7H2,(H,23,26)(H2,22,24,25)/t11-,12+,13+/m0/s1. The summed E-state index contributed by atoms with van der Waals surface area (Å²) >= 11 is 0. The van der Waals surface area contributed by atoms with Crippen LogP contribution in [-0.4, -0.2) is 54.9 Å². The van der Waals surface area contributed by atoms with Gasteiger partial charge in [-0.25, -0.2) is 15.0 Å². The highest BCUT2D eigenvalue weighted by Crippen LogP contribution is 2.34. The highest BCUT2D eigenvalue weighted by Gasteiger charge is 2.37. The number of fused-ring (bicyclic) bond motifs is 1. The normalized spacial score (nSPS) is 21.5. The zero-order chi connectivity index (χ0) is 22.2. The number of aromatic nitrogens is 4. The van der Waals surface area contributed by atoms with Crippen LogP contribution in [0, 0.1) is 0 Å². The van der Waals surface area contributed by atoms with Crippen LogP contribution in [0.2, 0.25) is 0 Å². The Morgan fingerprint density at radius 1 is 1.26 bits per heavy atom. The van der Waals surface area contributed by atoms with Gasteiger partial charge >= 0.3 is 6.36 Å². The SMILES string of the molecule is Nc1ncnc2c1nc(NCc1ccc(OC(F)(F)F)cc1)n2[C@H]1C[C@H](O)[C@@H](CO)O1. The van der Waals surface area contributed by atoms with Crippen molar-refractivity contribution in [3.63, 3.8) is 0 Å². The summed E-state index contributed by atoms with van der Waals surface area (Å²) in [6.45, 7) is -0.141. The number of nitrogens with zero attached hydrogens (tertiary/aromatic N) is 4. The summed E-state index contributed by atoms with van der Waals surface area (Å²) in [6, 6.07) is 5.37. The molecule has 3 atom stereocenters. The molecular weight excluding hydrogens is 421 g/mol. The first-order valence-corrected chi connectivity index (χ1v) is 9.26. The van der Waals surface area contributed by atoms with Gasteiger partial charge in [0.2, 0.25) is 5.95 Å². The van der Waals surface area contributed by atoms with E-state index in [0.717, 1.165) is 0 Å². The number of nitrogens with two attached hydrogens (primary N) is 1. The molecule has 3 heterocycles. The van der Waals surface area contributed by atoms with E-state index in [1.807, 2.05) is 0 Å². The summed E-state index contributed by atoms with van der Waals surface area (Å²) in [5.41, 5.74) is 7.26. The monoisotopic (exact) mass is 440 g/mol. The van der Waals surface area contributed by atoms with Crippen molar-refractivity contribution in [1.82, 2.24) is 19.5 Å². The fourth-order valence-corrected chi connectivity index (χ4v) is 3.35. The predicted octanol–water partition coefficient (Wildman–Crippen LogP) is 1.56. The molecule has 1 aliphatic rings. The van der Waals surface area contributed by atoms with E-state index in [9.17, 15) is 23.4 Å². The van der Waals surface area contributed by atoms with E-state index in [2.05, 4.69) is 25.0 Å². The number of alkyl halides is 3. The third kappa shape index (κ3) is 4.47. The first-order valence-electron chi connectivity index (χ1n) is 9.26. The van der Waals surface area contributed by atoms with Gasteiger partial charge in [0.05, 0.1) is 12.7 Å². The van der Waals surface area contributed by atoms with Crippen molar-refractivity contribution >= 4 is 22.9 Å². The highest BCUT2D eigenvalue weighted by atomic mass is 19.4. The lowest BCUT2D eigenvalue weighted by Gasteiger charge is -2.17. The fraction of sp³-hybridized carbons (Fsp3) is 0.389. The van der Waals surface area contributed by atoms with Crippen LogP contribution < -0.4 is 15.8 Å². The highest BCUT2D eigenvalue weighted by molar-refractivity contribution is 5.84. The number of anilines is 2. The van der Waals surface area contributed by atoms with Crippen LogP contribution in [0.5, 0.6) is 5.75 Å². The second-order valence-corrected chi connectivity index (χ2v) is 6.90. The van der Waals surface area contributed by atoms with Crippen LogP contribution >= 0.6 is 0 Å². The Labute approximate surface area is 173 Å². The van der Waals surface area contributed by atoms with Gasteiger partial charge in [-0.2, -0.15) is 0 Å². The van der Waals surface area contributed by atoms with Crippen molar-refractivity contribution in [2.24, 2.45) is 0 Å². The van der Waals surface area contributed by atoms with Crippen molar-refractivity contribution in [3.8, 4) is 5.75 Å². The number of hydrogen-bond donors (Lipinski definition) is 4. The number of benzene rings is 1. The van der Waals surface area contributed by atoms with Gasteiger partial charge in [-0.1, -0.05) is 12.1 Å². The predicted molar refractivity (Wildman–Crippen MR) is 102 cm³/mol. The molecule has 166 valence electrons. The minimum Gasteiger partial charge on any atom is -0.406 e. The first-order chi connectivity index (χ1) is 14.7. The van der Waals surface area contributed by atoms with Gasteiger partial charge in [0.1, 0.15) is 24.4 Å². The van der Waals surface area contributed by atoms with Gasteiger partial charge in [0.25, 0.3) is 0 Å². The zero-order valence-corrected chi connectivity index (χ0v) is 16.0. The van der Waals surface area contributed by atoms with Crippen LogP contribution in [0.4, 0.5) is 24.9 Å². The Morgan fingerprint density at radius 2 is 2.00 bits per heavy atom. The second kappa shape index (κ2) is 8.17. The molecule has 0 unspecified atom stereocenters. The number of nitrogen functional groups attached to an aromatic ring is 1. The van der Waals surface area contributed by atoms with Crippen molar-refractivity contribution in [1.29, 1.82) is 0 Å². The summed E-state index contributed by atoms with van der Waals surface area (Å²) in [5.74, 6) is 0.140. The van der Waals surface area contributed by atoms with Crippen molar-refractivity contribution in [2.45, 2.75) is 37.8 Å². The van der Waals surface area contributed by atoms with Crippen molar-refractivity contribution in [2.75, 3.05) is 17.7 Å². The van der Waals surface area contributed by atoms with Crippen LogP contribution in [0.15, 0.2) is 30.6 Å². The molecule has 10 nitrogen and oxygen atoms in total. The molecule has 0 spiro atoms. The number of aliphatic hydroxyl groups excluding tert-OH is 2. The minimum atomic E-state index is -4.76. The van der Waals surface area contributed by atoms with Gasteiger partial charge in [0, 0.05) is 13.0 Å². The van der Waals surface area contributed by atoms with Gasteiger partial charge in [-0.3, -0.25) is 4.57 Å². The quantitative estimate of drug-likeness (QED) is 0.449. The summed E-state index contributed by atoms with van der Waals surface area (Å²) in [6.07, 6.45) is -5.59. The van der Waals surface area contributed by atoms with E-state index < -0.39 is 24.8 Å². The molecular formula is C18H19F3N6O4. The van der Waals surface area contributed by atoms with E-state index >= 15 is 0 Å². The lowest BCUT2D eigenvalue weighted by atomic mass is 10.2. The number of ether oxygens (including phenoxy) is 2. The van der Waals surface area contributed by atoms with Crippen molar-refractivity contribution in [3.05, 3.63) is 36.2 Å². The van der Waals surface area contributed by atoms with Gasteiger partial charge in [-0.15, -0.1) is 13.2 Å². The molecule has 4 rings (SSSR count). The number of nitrogens with one attached hydrogen (secondary N) is 1. The third-order valence-corrected chi connectivity index (χ3v) is 4.78. The molecule has 1 saturated heterocycles. The largest absolute Gasteiger partial charge is 0.573 e. The van der Waals surface area contributed by atoms with Crippen LogP contribution in [0.25, 0.3) is 11.2 Å². The fourth-order valence-electron chi connectivity index (χ4n) is 3.35. The Hall–Kier alpha value is -3.16. The molecule has 0 bridgehead atoms. The van der Waals surface area contributed by atoms with E-state index in [1.165, 1.54) is 30.6 Å². The topological polar surface area (TPSA) is 141 Å². The number of hydrogen-bond acceptors (Lipinski definition) is 9. The average Bonchev–Trinajstić information content (AvgIpc) is 3.27. The molecule has 0 amide bonds. The summed E-state index contributed by atoms with van der Waals surface area (Å²) in [5, 5.41) is 22.6. The van der Waals surface area contributed by atoms with Crippen LogP contribution in [0.3, 0.4) is 0 Å². The lowest BCUT2D eigenvalue weighted by molar-refractivity contribution is -0.274. The lowest BCUT2D eigenvalue weighted by Crippen LogP contribution is -2.24. The van der Waals surface area contributed by atoms with Gasteiger partial charge < -0.3 is 30.7 Å². The second-order valence-electron chi connectivity index (χ2n) is 6.90. The maximum atomic E-state index is 12.3. The molecule has 13 heteroatoms. The number of halogens is 3. The molecule has 31 heavy (non-hydrogen) atoms. The molecule has 0 radical (unpaired) electrons. The van der Waals surface area contributed by atoms with E-state index in [0.29, 0.717) is 22.7 Å². The molecule has 1 fully saturated rings. The molecule has 1 aliphatic heterocycles. The Kier molecular flexibility index (Phi) is 5.56. The summed E-state index contributed by atoms with van der Waals surface area (Å²) < 4.78 is 48.1. The molecule has 0 saturated carbocycles. The Bertz CT molecular complexity index is 1060. The minimum absolute atomic E-state index is 0.151. The molecule has 5 N–H and O–H groups in total. The zero-order valence-electron chi connectivity index (χ0n) is 16.0. The maximum Gasteiger partial charge on any atom is 0.573 e. The maximum absolute atomic E-state index is 12.3. The van der Waals surface area contributed by atoms with E-state index in [1.54, 1.807) is 4.57 Å². The van der Waals surface area contributed by atoms with Gasteiger partial charge in [-0.05, 0) is 17.7 Å². The van der Waals surface area contributed by atoms with Gasteiger partial charge in [0.15, 0.2) is 17.0 Å². The summed E-state index contributed by atoms with van der Waals surface area (Å²) in [4.78, 5) is 12.5. The average molecular weight is 440 g/mol. The third-order valence-electron chi connectivity index (χ3n) is 4.78. The molecule has 1 aromatic carbocycles. The Balaban J connectivity index is 1.58. The first kappa shape index (κ1) is 21.1. The molecule has 0 aliphatic carbocycles. The van der Waals surface area contributed by atoms with E-state index in [4.69, 9.17) is 10.5 Å². The van der Waals surface area contributed by atoms with E-state index in [-0.39, 0.29) is 31.1 Å². The number of imidazole rings is 1. The van der Waals surface area contributed by atoms with Crippen LogP contribution in [0.1, 0.15) is 18.2 Å². The number of aliphatic hydroxyl groups is 2. The summed E-state index contributed by atoms with van der Waals surface area (Å²) in [7, 11) is 0. The van der Waals surface area contributed by atoms with Crippen molar-refractivity contribution < 1.29 is 32.9 Å².